The topological polar surface area (TPSA) is 69.6 Å². The van der Waals surface area contributed by atoms with Crippen LogP contribution in [0.4, 0.5) is 0 Å². The van der Waals surface area contributed by atoms with E-state index in [1.807, 2.05) is 20.8 Å². The summed E-state index contributed by atoms with van der Waals surface area (Å²) >= 11 is 0. The Morgan fingerprint density at radius 3 is 2.27 bits per heavy atom. The molecule has 1 amide bonds. The molecule has 0 aliphatic heterocycles. The third-order valence-electron chi connectivity index (χ3n) is 2.36. The normalized spacial score (nSPS) is 13.7. The molecule has 15 heavy (non-hydrogen) atoms. The van der Waals surface area contributed by atoms with E-state index in [4.69, 9.17) is 10.2 Å². The van der Waals surface area contributed by atoms with Gasteiger partial charge in [-0.25, -0.2) is 0 Å². The first-order valence-corrected chi connectivity index (χ1v) is 5.43. The minimum Gasteiger partial charge on any atom is -0.396 e. The number of carbonyl (C=O) groups is 1. The molecule has 0 aromatic carbocycles. The molecule has 0 aromatic rings. The average molecular weight is 217 g/mol. The van der Waals surface area contributed by atoms with Crippen molar-refractivity contribution >= 4 is 5.91 Å². The molecule has 0 saturated heterocycles. The van der Waals surface area contributed by atoms with Crippen molar-refractivity contribution in [2.45, 2.75) is 46.1 Å². The van der Waals surface area contributed by atoms with E-state index < -0.39 is 0 Å². The van der Waals surface area contributed by atoms with Crippen LogP contribution in [-0.4, -0.2) is 35.4 Å². The molecule has 0 bridgehead atoms. The fraction of sp³-hybridized carbons (Fsp3) is 0.909. The Hall–Kier alpha value is -0.610. The van der Waals surface area contributed by atoms with Crippen molar-refractivity contribution in [2.75, 3.05) is 13.2 Å². The molecule has 1 unspecified atom stereocenters. The molecule has 4 heteroatoms. The van der Waals surface area contributed by atoms with Crippen LogP contribution < -0.4 is 5.32 Å². The summed E-state index contributed by atoms with van der Waals surface area (Å²) in [5.41, 5.74) is -0.0579. The molecule has 0 aliphatic carbocycles. The second kappa shape index (κ2) is 6.80. The maximum absolute atomic E-state index is 11.4. The van der Waals surface area contributed by atoms with E-state index in [1.54, 1.807) is 0 Å². The molecule has 0 spiro atoms. The van der Waals surface area contributed by atoms with Crippen LogP contribution in [-0.2, 0) is 4.79 Å². The SMILES string of the molecule is CC(C)(C)C(CCO)NC(=O)CCCO. The lowest BCUT2D eigenvalue weighted by Crippen LogP contribution is -2.44. The zero-order valence-corrected chi connectivity index (χ0v) is 9.92. The second-order valence-corrected chi connectivity index (χ2v) is 4.83. The highest BCUT2D eigenvalue weighted by atomic mass is 16.3. The van der Waals surface area contributed by atoms with Gasteiger partial charge >= 0.3 is 0 Å². The maximum Gasteiger partial charge on any atom is 0.220 e. The maximum atomic E-state index is 11.4. The summed E-state index contributed by atoms with van der Waals surface area (Å²) in [4.78, 5) is 11.4. The molecule has 0 radical (unpaired) electrons. The molecular weight excluding hydrogens is 194 g/mol. The predicted octanol–water partition coefficient (Wildman–Crippen LogP) is 0.672. The quantitative estimate of drug-likeness (QED) is 0.612. The number of hydrogen-bond donors (Lipinski definition) is 3. The van der Waals surface area contributed by atoms with Crippen molar-refractivity contribution in [3.63, 3.8) is 0 Å². The van der Waals surface area contributed by atoms with Gasteiger partial charge in [0.05, 0.1) is 0 Å². The zero-order chi connectivity index (χ0) is 11.9. The summed E-state index contributed by atoms with van der Waals surface area (Å²) in [7, 11) is 0. The number of nitrogens with one attached hydrogen (secondary N) is 1. The number of amides is 1. The van der Waals surface area contributed by atoms with Crippen LogP contribution >= 0.6 is 0 Å². The first-order valence-electron chi connectivity index (χ1n) is 5.43. The van der Waals surface area contributed by atoms with E-state index in [0.29, 0.717) is 19.3 Å². The highest BCUT2D eigenvalue weighted by Crippen LogP contribution is 2.21. The van der Waals surface area contributed by atoms with Crippen LogP contribution in [0.3, 0.4) is 0 Å². The van der Waals surface area contributed by atoms with E-state index in [2.05, 4.69) is 5.32 Å². The van der Waals surface area contributed by atoms with Crippen LogP contribution in [0.2, 0.25) is 0 Å². The lowest BCUT2D eigenvalue weighted by atomic mass is 9.85. The Morgan fingerprint density at radius 2 is 1.87 bits per heavy atom. The fourth-order valence-electron chi connectivity index (χ4n) is 1.36. The van der Waals surface area contributed by atoms with Crippen molar-refractivity contribution in [3.8, 4) is 0 Å². The zero-order valence-electron chi connectivity index (χ0n) is 9.92. The summed E-state index contributed by atoms with van der Waals surface area (Å²) in [5.74, 6) is -0.0579. The van der Waals surface area contributed by atoms with E-state index in [1.165, 1.54) is 0 Å². The Balaban J connectivity index is 4.11. The number of aliphatic hydroxyl groups is 2. The molecular formula is C11H23NO3. The van der Waals surface area contributed by atoms with Crippen LogP contribution in [0.5, 0.6) is 0 Å². The molecule has 0 saturated carbocycles. The lowest BCUT2D eigenvalue weighted by Gasteiger charge is -2.31. The summed E-state index contributed by atoms with van der Waals surface area (Å²) in [6.45, 7) is 6.19. The van der Waals surface area contributed by atoms with Gasteiger partial charge in [0.2, 0.25) is 5.91 Å². The Labute approximate surface area is 91.7 Å². The van der Waals surface area contributed by atoms with Gasteiger partial charge in [0.25, 0.3) is 0 Å². The molecule has 1 atom stereocenters. The molecule has 4 nitrogen and oxygen atoms in total. The van der Waals surface area contributed by atoms with E-state index in [0.717, 1.165) is 0 Å². The van der Waals surface area contributed by atoms with Gasteiger partial charge in [-0.15, -0.1) is 0 Å². The Bertz CT molecular complexity index is 187. The van der Waals surface area contributed by atoms with Gasteiger partial charge < -0.3 is 15.5 Å². The van der Waals surface area contributed by atoms with Gasteiger partial charge in [-0.2, -0.15) is 0 Å². The van der Waals surface area contributed by atoms with Gasteiger partial charge in [0, 0.05) is 25.7 Å². The summed E-state index contributed by atoms with van der Waals surface area (Å²) in [5, 5.41) is 20.4. The number of aliphatic hydroxyl groups excluding tert-OH is 2. The van der Waals surface area contributed by atoms with Gasteiger partial charge in [-0.1, -0.05) is 20.8 Å². The summed E-state index contributed by atoms with van der Waals surface area (Å²) in [6.07, 6.45) is 1.39. The van der Waals surface area contributed by atoms with Crippen LogP contribution in [0.1, 0.15) is 40.0 Å². The number of rotatable bonds is 6. The third-order valence-corrected chi connectivity index (χ3v) is 2.36. The monoisotopic (exact) mass is 217 g/mol. The molecule has 0 aromatic heterocycles. The van der Waals surface area contributed by atoms with E-state index in [9.17, 15) is 4.79 Å². The number of carbonyl (C=O) groups excluding carboxylic acids is 1. The van der Waals surface area contributed by atoms with Crippen molar-refractivity contribution in [2.24, 2.45) is 5.41 Å². The second-order valence-electron chi connectivity index (χ2n) is 4.83. The molecule has 0 heterocycles. The summed E-state index contributed by atoms with van der Waals surface area (Å²) < 4.78 is 0. The molecule has 3 N–H and O–H groups in total. The third kappa shape index (κ3) is 6.47. The molecule has 0 fully saturated rings. The predicted molar refractivity (Wildman–Crippen MR) is 59.4 cm³/mol. The molecule has 0 rings (SSSR count). The van der Waals surface area contributed by atoms with Crippen LogP contribution in [0.15, 0.2) is 0 Å². The summed E-state index contributed by atoms with van der Waals surface area (Å²) in [6, 6.07) is -0.0197. The Morgan fingerprint density at radius 1 is 1.27 bits per heavy atom. The standard InChI is InChI=1S/C11H23NO3/c1-11(2,3)9(6-8-14)12-10(15)5-4-7-13/h9,13-14H,4-8H2,1-3H3,(H,12,15). The van der Waals surface area contributed by atoms with Crippen molar-refractivity contribution in [1.29, 1.82) is 0 Å². The smallest absolute Gasteiger partial charge is 0.220 e. The largest absolute Gasteiger partial charge is 0.396 e. The van der Waals surface area contributed by atoms with Gasteiger partial charge in [-0.3, -0.25) is 4.79 Å². The highest BCUT2D eigenvalue weighted by Gasteiger charge is 2.25. The van der Waals surface area contributed by atoms with Crippen molar-refractivity contribution < 1.29 is 15.0 Å². The van der Waals surface area contributed by atoms with Gasteiger partial charge in [-0.05, 0) is 18.3 Å². The first-order chi connectivity index (χ1) is 6.91. The molecule has 90 valence electrons. The Kier molecular flexibility index (Phi) is 6.52. The lowest BCUT2D eigenvalue weighted by molar-refractivity contribution is -0.123. The molecule has 0 aliphatic rings. The highest BCUT2D eigenvalue weighted by molar-refractivity contribution is 5.76. The van der Waals surface area contributed by atoms with Gasteiger partial charge in [0.15, 0.2) is 0 Å². The van der Waals surface area contributed by atoms with E-state index >= 15 is 0 Å². The minimum absolute atomic E-state index is 0.0197. The van der Waals surface area contributed by atoms with Crippen LogP contribution in [0, 0.1) is 5.41 Å². The van der Waals surface area contributed by atoms with Crippen molar-refractivity contribution in [3.05, 3.63) is 0 Å². The van der Waals surface area contributed by atoms with Crippen molar-refractivity contribution in [1.82, 2.24) is 5.32 Å². The first kappa shape index (κ1) is 14.4. The fourth-order valence-corrected chi connectivity index (χ4v) is 1.36. The minimum atomic E-state index is -0.0579. The van der Waals surface area contributed by atoms with E-state index in [-0.39, 0.29) is 30.6 Å². The number of hydrogen-bond acceptors (Lipinski definition) is 3. The van der Waals surface area contributed by atoms with Gasteiger partial charge in [0.1, 0.15) is 0 Å². The average Bonchev–Trinajstić information content (AvgIpc) is 2.12. The van der Waals surface area contributed by atoms with Crippen LogP contribution in [0.25, 0.3) is 0 Å².